The molecule has 0 radical (unpaired) electrons. The molecule has 0 rings (SSSR count). The standard InChI is InChI=1S/C24H46Br2O2Si/c1-2-23(27)28-22-20-18-16-14-12-10-8-6-4-3-5-7-9-11-13-15-17-19-21-24(25,26)29/h2H,1,3-22H2,29H3. The Labute approximate surface area is 201 Å². The van der Waals surface area contributed by atoms with E-state index in [1.54, 1.807) is 0 Å². The Morgan fingerprint density at radius 3 is 1.31 bits per heavy atom. The lowest BCUT2D eigenvalue weighted by atomic mass is 10.0. The molecule has 0 N–H and O–H groups in total. The smallest absolute Gasteiger partial charge is 0.330 e. The van der Waals surface area contributed by atoms with E-state index in [4.69, 9.17) is 4.74 Å². The van der Waals surface area contributed by atoms with Crippen molar-refractivity contribution in [2.75, 3.05) is 6.61 Å². The Morgan fingerprint density at radius 2 is 1.00 bits per heavy atom. The fourth-order valence-corrected chi connectivity index (χ4v) is 4.51. The van der Waals surface area contributed by atoms with E-state index in [0.717, 1.165) is 6.42 Å². The molecule has 0 aliphatic heterocycles. The zero-order valence-corrected chi connectivity index (χ0v) is 24.2. The molecule has 0 aromatic rings. The quantitative estimate of drug-likeness (QED) is 0.0447. The van der Waals surface area contributed by atoms with Crippen LogP contribution >= 0.6 is 31.9 Å². The highest BCUT2D eigenvalue weighted by Gasteiger charge is 2.13. The number of esters is 1. The normalized spacial score (nSPS) is 11.7. The Kier molecular flexibility index (Phi) is 21.9. The molecule has 0 unspecified atom stereocenters. The van der Waals surface area contributed by atoms with E-state index in [9.17, 15) is 4.79 Å². The summed E-state index contributed by atoms with van der Waals surface area (Å²) in [6.07, 6.45) is 27.0. The molecule has 0 fully saturated rings. The second kappa shape index (κ2) is 21.6. The predicted molar refractivity (Wildman–Crippen MR) is 139 cm³/mol. The first-order chi connectivity index (χ1) is 14.0. The Hall–Kier alpha value is 0.387. The lowest BCUT2D eigenvalue weighted by Gasteiger charge is -2.13. The van der Waals surface area contributed by atoms with Gasteiger partial charge in [0.15, 0.2) is 0 Å². The number of carbonyl (C=O) groups is 1. The number of halogens is 2. The third-order valence-corrected chi connectivity index (χ3v) is 6.71. The summed E-state index contributed by atoms with van der Waals surface area (Å²) in [5.74, 6) is -0.301. The van der Waals surface area contributed by atoms with E-state index in [-0.39, 0.29) is 8.83 Å². The molecule has 0 atom stereocenters. The van der Waals surface area contributed by atoms with Crippen molar-refractivity contribution < 1.29 is 9.53 Å². The monoisotopic (exact) mass is 552 g/mol. The first-order valence-corrected chi connectivity index (χ1v) is 14.7. The van der Waals surface area contributed by atoms with Gasteiger partial charge >= 0.3 is 5.97 Å². The van der Waals surface area contributed by atoms with E-state index in [2.05, 4.69) is 38.4 Å². The van der Waals surface area contributed by atoms with Crippen LogP contribution in [-0.4, -0.2) is 25.7 Å². The van der Waals surface area contributed by atoms with Crippen molar-refractivity contribution in [3.63, 3.8) is 0 Å². The van der Waals surface area contributed by atoms with Crippen LogP contribution in [0.4, 0.5) is 0 Å². The van der Waals surface area contributed by atoms with Gasteiger partial charge in [-0.1, -0.05) is 148 Å². The minimum absolute atomic E-state index is 0.282. The topological polar surface area (TPSA) is 26.3 Å². The summed E-state index contributed by atoms with van der Waals surface area (Å²) in [7, 11) is 1.17. The van der Waals surface area contributed by atoms with Gasteiger partial charge in [-0.15, -0.1) is 0 Å². The summed E-state index contributed by atoms with van der Waals surface area (Å²) in [5, 5.41) is 0. The Balaban J connectivity index is 3.07. The largest absolute Gasteiger partial charge is 0.463 e. The molecule has 0 aliphatic rings. The summed E-state index contributed by atoms with van der Waals surface area (Å²) in [4.78, 5) is 10.9. The first kappa shape index (κ1) is 29.4. The minimum Gasteiger partial charge on any atom is -0.463 e. The van der Waals surface area contributed by atoms with Crippen LogP contribution in [0.15, 0.2) is 12.7 Å². The second-order valence-corrected chi connectivity index (χ2v) is 17.8. The van der Waals surface area contributed by atoms with Crippen LogP contribution in [0.1, 0.15) is 122 Å². The van der Waals surface area contributed by atoms with Gasteiger partial charge in [-0.25, -0.2) is 4.79 Å². The van der Waals surface area contributed by atoms with E-state index >= 15 is 0 Å². The highest BCUT2D eigenvalue weighted by molar-refractivity contribution is 9.26. The summed E-state index contributed by atoms with van der Waals surface area (Å²) >= 11 is 7.41. The van der Waals surface area contributed by atoms with Crippen molar-refractivity contribution >= 4 is 48.1 Å². The molecule has 0 aliphatic carbocycles. The maximum absolute atomic E-state index is 10.9. The molecule has 29 heavy (non-hydrogen) atoms. The van der Waals surface area contributed by atoms with Gasteiger partial charge < -0.3 is 4.74 Å². The van der Waals surface area contributed by atoms with Crippen molar-refractivity contribution in [3.05, 3.63) is 12.7 Å². The molecule has 2 nitrogen and oxygen atoms in total. The van der Waals surface area contributed by atoms with E-state index in [1.165, 1.54) is 132 Å². The lowest BCUT2D eigenvalue weighted by Crippen LogP contribution is -2.09. The molecule has 0 spiro atoms. The molecule has 0 saturated carbocycles. The number of ether oxygens (including phenoxy) is 1. The van der Waals surface area contributed by atoms with Gasteiger partial charge in [0.05, 0.1) is 9.46 Å². The maximum atomic E-state index is 10.9. The molecule has 0 bridgehead atoms. The highest BCUT2D eigenvalue weighted by atomic mass is 79.9. The van der Waals surface area contributed by atoms with Gasteiger partial charge in [0, 0.05) is 16.3 Å². The second-order valence-electron chi connectivity index (χ2n) is 8.56. The van der Waals surface area contributed by atoms with Crippen molar-refractivity contribution in [2.24, 2.45) is 0 Å². The van der Waals surface area contributed by atoms with Crippen molar-refractivity contribution in [1.29, 1.82) is 0 Å². The van der Waals surface area contributed by atoms with Gasteiger partial charge in [0.1, 0.15) is 0 Å². The number of hydrogen-bond donors (Lipinski definition) is 0. The molecule has 5 heteroatoms. The van der Waals surface area contributed by atoms with Crippen LogP contribution in [0.3, 0.4) is 0 Å². The molecule has 0 aromatic carbocycles. The molecule has 0 saturated heterocycles. The van der Waals surface area contributed by atoms with E-state index in [1.807, 2.05) is 0 Å². The van der Waals surface area contributed by atoms with Crippen LogP contribution < -0.4 is 0 Å². The van der Waals surface area contributed by atoms with Gasteiger partial charge in [0.25, 0.3) is 0 Å². The third kappa shape index (κ3) is 26.4. The van der Waals surface area contributed by atoms with Crippen molar-refractivity contribution in [3.8, 4) is 0 Å². The number of rotatable bonds is 22. The molecular weight excluding hydrogens is 508 g/mol. The summed E-state index contributed by atoms with van der Waals surface area (Å²) < 4.78 is 5.26. The lowest BCUT2D eigenvalue weighted by molar-refractivity contribution is -0.137. The van der Waals surface area contributed by atoms with Crippen molar-refractivity contribution in [1.82, 2.24) is 0 Å². The van der Waals surface area contributed by atoms with Crippen LogP contribution in [0.2, 0.25) is 0 Å². The molecule has 0 heterocycles. The molecule has 0 amide bonds. The Bertz CT molecular complexity index is 384. The predicted octanol–water partition coefficient (Wildman–Crippen LogP) is 7.94. The fraction of sp³-hybridized carbons (Fsp3) is 0.875. The maximum Gasteiger partial charge on any atom is 0.330 e. The summed E-state index contributed by atoms with van der Waals surface area (Å²) in [6, 6.07) is 0. The van der Waals surface area contributed by atoms with Gasteiger partial charge in [0.2, 0.25) is 0 Å². The summed E-state index contributed by atoms with van der Waals surface area (Å²) in [5.41, 5.74) is 0. The highest BCUT2D eigenvalue weighted by Crippen LogP contribution is 2.28. The number of alkyl halides is 2. The number of carbonyl (C=O) groups excluding carboxylic acids is 1. The molecular formula is C24H46Br2O2Si. The van der Waals surface area contributed by atoms with Crippen LogP contribution in [0.25, 0.3) is 0 Å². The number of hydrogen-bond acceptors (Lipinski definition) is 2. The minimum atomic E-state index is -0.301. The van der Waals surface area contributed by atoms with Crippen LogP contribution in [0.5, 0.6) is 0 Å². The van der Waals surface area contributed by atoms with Gasteiger partial charge in [-0.3, -0.25) is 0 Å². The van der Waals surface area contributed by atoms with Crippen LogP contribution in [-0.2, 0) is 9.53 Å². The average molecular weight is 555 g/mol. The number of unbranched alkanes of at least 4 members (excludes halogenated alkanes) is 17. The third-order valence-electron chi connectivity index (χ3n) is 5.42. The van der Waals surface area contributed by atoms with Crippen LogP contribution in [0, 0.1) is 0 Å². The SMILES string of the molecule is C=CC(=O)OCCCCCCCCCCCCCCCCCCCCC([SiH3])(Br)Br. The first-order valence-electron chi connectivity index (χ1n) is 12.1. The molecule has 172 valence electrons. The van der Waals surface area contributed by atoms with Crippen molar-refractivity contribution in [2.45, 2.75) is 125 Å². The van der Waals surface area contributed by atoms with Gasteiger partial charge in [-0.05, 0) is 12.8 Å². The summed E-state index contributed by atoms with van der Waals surface area (Å²) in [6.45, 7) is 3.94. The zero-order valence-electron chi connectivity index (χ0n) is 19.0. The zero-order chi connectivity index (χ0) is 21.6. The molecule has 0 aromatic heterocycles. The fourth-order valence-electron chi connectivity index (χ4n) is 3.60. The average Bonchev–Trinajstić information content (AvgIpc) is 2.68. The van der Waals surface area contributed by atoms with E-state index < -0.39 is 0 Å². The van der Waals surface area contributed by atoms with E-state index in [0.29, 0.717) is 6.61 Å². The van der Waals surface area contributed by atoms with Gasteiger partial charge in [-0.2, -0.15) is 0 Å². The Morgan fingerprint density at radius 1 is 0.690 bits per heavy atom.